The highest BCUT2D eigenvalue weighted by Crippen LogP contribution is 2.32. The molecule has 110 valence electrons. The predicted molar refractivity (Wildman–Crippen MR) is 82.7 cm³/mol. The van der Waals surface area contributed by atoms with E-state index in [0.29, 0.717) is 16.9 Å². The zero-order valence-corrected chi connectivity index (χ0v) is 12.1. The quantitative estimate of drug-likeness (QED) is 0.558. The number of nitrogens with one attached hydrogen (secondary N) is 1. The fourth-order valence-corrected chi connectivity index (χ4v) is 2.91. The highest BCUT2D eigenvalue weighted by Gasteiger charge is 2.18. The van der Waals surface area contributed by atoms with Gasteiger partial charge in [-0.05, 0) is 30.7 Å². The van der Waals surface area contributed by atoms with Crippen LogP contribution in [0.1, 0.15) is 5.82 Å². The molecule has 4 aromatic rings. The molecule has 0 radical (unpaired) electrons. The van der Waals surface area contributed by atoms with Gasteiger partial charge in [0.15, 0.2) is 5.82 Å². The summed E-state index contributed by atoms with van der Waals surface area (Å²) < 4.78 is 31.1. The van der Waals surface area contributed by atoms with Crippen molar-refractivity contribution in [3.05, 3.63) is 54.0 Å². The van der Waals surface area contributed by atoms with Gasteiger partial charge in [-0.1, -0.05) is 6.07 Å². The van der Waals surface area contributed by atoms with Crippen molar-refractivity contribution in [2.75, 3.05) is 0 Å². The van der Waals surface area contributed by atoms with Crippen molar-refractivity contribution in [2.45, 2.75) is 6.92 Å². The summed E-state index contributed by atoms with van der Waals surface area (Å²) in [6.07, 6.45) is 1.92. The summed E-state index contributed by atoms with van der Waals surface area (Å²) in [5.74, 6) is -0.664. The summed E-state index contributed by atoms with van der Waals surface area (Å²) in [6, 6.07) is 8.61. The predicted octanol–water partition coefficient (Wildman–Crippen LogP) is 4.31. The zero-order valence-electron chi connectivity index (χ0n) is 12.1. The molecule has 2 aromatic carbocycles. The van der Waals surface area contributed by atoms with Gasteiger partial charge in [0.1, 0.15) is 17.2 Å². The van der Waals surface area contributed by atoms with Crippen LogP contribution in [0.15, 0.2) is 36.5 Å². The van der Waals surface area contributed by atoms with Crippen molar-refractivity contribution in [3.8, 4) is 11.1 Å². The lowest BCUT2D eigenvalue weighted by Crippen LogP contribution is -1.92. The van der Waals surface area contributed by atoms with Crippen LogP contribution >= 0.6 is 0 Å². The fourth-order valence-electron chi connectivity index (χ4n) is 2.91. The summed E-state index contributed by atoms with van der Waals surface area (Å²) in [5, 5.41) is 0.942. The molecule has 0 amide bonds. The Labute approximate surface area is 125 Å². The van der Waals surface area contributed by atoms with Gasteiger partial charge in [-0.2, -0.15) is 0 Å². The van der Waals surface area contributed by atoms with Crippen LogP contribution in [0, 0.1) is 18.6 Å². The van der Waals surface area contributed by atoms with Crippen molar-refractivity contribution in [3.63, 3.8) is 0 Å². The average molecular weight is 297 g/mol. The van der Waals surface area contributed by atoms with Gasteiger partial charge in [0.05, 0.1) is 11.1 Å². The molecule has 0 saturated heterocycles. The van der Waals surface area contributed by atoms with Crippen LogP contribution in [-0.2, 0) is 7.05 Å². The summed E-state index contributed by atoms with van der Waals surface area (Å²) in [6.45, 7) is 1.72. The number of hydrogen-bond acceptors (Lipinski definition) is 1. The van der Waals surface area contributed by atoms with Crippen molar-refractivity contribution in [1.29, 1.82) is 0 Å². The molecule has 0 bridgehead atoms. The zero-order chi connectivity index (χ0) is 15.4. The van der Waals surface area contributed by atoms with Crippen molar-refractivity contribution >= 4 is 21.9 Å². The number of benzene rings is 2. The first-order valence-electron chi connectivity index (χ1n) is 6.94. The Bertz CT molecular complexity index is 1030. The van der Waals surface area contributed by atoms with Crippen LogP contribution < -0.4 is 0 Å². The molecule has 3 nitrogen and oxygen atoms in total. The van der Waals surface area contributed by atoms with E-state index < -0.39 is 11.6 Å². The molecule has 5 heteroatoms. The largest absolute Gasteiger partial charge is 0.351 e. The molecule has 0 unspecified atom stereocenters. The lowest BCUT2D eigenvalue weighted by atomic mass is 10.0. The Morgan fingerprint density at radius 3 is 2.77 bits per heavy atom. The van der Waals surface area contributed by atoms with Crippen LogP contribution in [0.3, 0.4) is 0 Å². The van der Waals surface area contributed by atoms with Gasteiger partial charge in [0.2, 0.25) is 0 Å². The van der Waals surface area contributed by atoms with Gasteiger partial charge in [0, 0.05) is 30.2 Å². The summed E-state index contributed by atoms with van der Waals surface area (Å²) in [7, 11) is 1.93. The summed E-state index contributed by atoms with van der Waals surface area (Å²) in [5.41, 5.74) is 2.03. The van der Waals surface area contributed by atoms with Gasteiger partial charge in [-0.3, -0.25) is 0 Å². The fraction of sp³-hybridized carbons (Fsp3) is 0.118. The number of imidazole rings is 1. The molecule has 2 heterocycles. The first-order valence-corrected chi connectivity index (χ1v) is 6.94. The maximum absolute atomic E-state index is 14.7. The Hall–Kier alpha value is -2.69. The van der Waals surface area contributed by atoms with Crippen LogP contribution in [0.5, 0.6) is 0 Å². The Balaban J connectivity index is 2.02. The van der Waals surface area contributed by atoms with Gasteiger partial charge in [-0.15, -0.1) is 0 Å². The van der Waals surface area contributed by atoms with Crippen molar-refractivity contribution < 1.29 is 8.78 Å². The van der Waals surface area contributed by atoms with Crippen molar-refractivity contribution in [2.24, 2.45) is 7.05 Å². The molecule has 0 aliphatic carbocycles. The molecule has 0 aliphatic rings. The molecule has 0 aliphatic heterocycles. The van der Waals surface area contributed by atoms with E-state index in [2.05, 4.69) is 9.97 Å². The summed E-state index contributed by atoms with van der Waals surface area (Å²) in [4.78, 5) is 6.96. The minimum Gasteiger partial charge on any atom is -0.351 e. The number of aromatic amines is 1. The van der Waals surface area contributed by atoms with Gasteiger partial charge < -0.3 is 9.55 Å². The number of aromatic nitrogens is 3. The highest BCUT2D eigenvalue weighted by molar-refractivity contribution is 5.89. The molecular formula is C17H13F2N3. The van der Waals surface area contributed by atoms with E-state index in [9.17, 15) is 8.78 Å². The third-order valence-corrected chi connectivity index (χ3v) is 3.96. The third-order valence-electron chi connectivity index (χ3n) is 3.96. The van der Waals surface area contributed by atoms with E-state index in [-0.39, 0.29) is 11.1 Å². The molecule has 0 fully saturated rings. The van der Waals surface area contributed by atoms with E-state index in [1.807, 2.05) is 29.9 Å². The normalized spacial score (nSPS) is 11.6. The third kappa shape index (κ3) is 1.75. The molecule has 0 atom stereocenters. The maximum atomic E-state index is 14.7. The molecule has 0 saturated carbocycles. The monoisotopic (exact) mass is 297 g/mol. The van der Waals surface area contributed by atoms with E-state index in [1.54, 1.807) is 19.1 Å². The van der Waals surface area contributed by atoms with Crippen LogP contribution in [0.2, 0.25) is 0 Å². The second-order valence-corrected chi connectivity index (χ2v) is 5.47. The number of fused-ring (bicyclic) bond motifs is 2. The number of hydrogen-bond donors (Lipinski definition) is 1. The SMILES string of the molecule is Cc1nc2c(F)c(-c3ccc4c(ccn4C)c3)c(F)cc2[nH]1. The Kier molecular flexibility index (Phi) is 2.60. The minimum absolute atomic E-state index is 0.0373. The number of rotatable bonds is 1. The first kappa shape index (κ1) is 13.0. The molecule has 1 N–H and O–H groups in total. The number of H-pyrrole nitrogens is 1. The van der Waals surface area contributed by atoms with Gasteiger partial charge in [0.25, 0.3) is 0 Å². The number of nitrogens with zero attached hydrogens (tertiary/aromatic N) is 2. The lowest BCUT2D eigenvalue weighted by Gasteiger charge is -2.07. The standard InChI is InChI=1S/C17H13F2N3/c1-9-20-13-8-12(18)15(16(19)17(13)21-9)11-3-4-14-10(7-11)5-6-22(14)2/h3-8H,1-2H3,(H,20,21). The van der Waals surface area contributed by atoms with Crippen LogP contribution in [0.25, 0.3) is 33.1 Å². The number of aryl methyl sites for hydroxylation is 2. The Morgan fingerprint density at radius 1 is 1.14 bits per heavy atom. The van der Waals surface area contributed by atoms with E-state index >= 15 is 0 Å². The van der Waals surface area contributed by atoms with E-state index in [4.69, 9.17) is 0 Å². The van der Waals surface area contributed by atoms with Gasteiger partial charge in [-0.25, -0.2) is 13.8 Å². The van der Waals surface area contributed by atoms with Crippen LogP contribution in [0.4, 0.5) is 8.78 Å². The average Bonchev–Trinajstić information content (AvgIpc) is 3.02. The van der Waals surface area contributed by atoms with Crippen molar-refractivity contribution in [1.82, 2.24) is 14.5 Å². The maximum Gasteiger partial charge on any atom is 0.161 e. The molecule has 0 spiro atoms. The highest BCUT2D eigenvalue weighted by atomic mass is 19.1. The second kappa shape index (κ2) is 4.40. The van der Waals surface area contributed by atoms with Gasteiger partial charge >= 0.3 is 0 Å². The van der Waals surface area contributed by atoms with Crippen LogP contribution in [-0.4, -0.2) is 14.5 Å². The smallest absolute Gasteiger partial charge is 0.161 e. The lowest BCUT2D eigenvalue weighted by molar-refractivity contribution is 0.597. The molecule has 4 rings (SSSR count). The summed E-state index contributed by atoms with van der Waals surface area (Å²) >= 11 is 0. The molecule has 22 heavy (non-hydrogen) atoms. The molecular weight excluding hydrogens is 284 g/mol. The van der Waals surface area contributed by atoms with E-state index in [1.165, 1.54) is 6.07 Å². The second-order valence-electron chi connectivity index (χ2n) is 5.47. The topological polar surface area (TPSA) is 33.6 Å². The Morgan fingerprint density at radius 2 is 1.95 bits per heavy atom. The number of halogens is 2. The first-order chi connectivity index (χ1) is 10.5. The van der Waals surface area contributed by atoms with E-state index in [0.717, 1.165) is 10.9 Å². The molecule has 2 aromatic heterocycles. The minimum atomic E-state index is -0.630.